The molecule has 0 amide bonds. The maximum atomic E-state index is 3.79. The Morgan fingerprint density at radius 2 is 0.848 bits per heavy atom. The number of benzene rings is 4. The molecule has 0 saturated heterocycles. The molecule has 33 heavy (non-hydrogen) atoms. The second kappa shape index (κ2) is 9.48. The molecular formula is C30H29Br2N. The minimum Gasteiger partial charge on any atom is -0.354 e. The maximum absolute atomic E-state index is 3.79. The summed E-state index contributed by atoms with van der Waals surface area (Å²) in [5, 5.41) is 3.58. The Morgan fingerprint density at radius 3 is 1.18 bits per heavy atom. The highest BCUT2D eigenvalue weighted by Gasteiger charge is 2.25. The Hall–Kier alpha value is -2.36. The van der Waals surface area contributed by atoms with Crippen LogP contribution in [0.3, 0.4) is 0 Å². The Bertz CT molecular complexity index is 1150. The molecule has 0 aromatic heterocycles. The number of hydrogen-bond acceptors (Lipinski definition) is 1. The fourth-order valence-corrected chi connectivity index (χ4v) is 5.15. The van der Waals surface area contributed by atoms with Crippen LogP contribution in [0.4, 0.5) is 11.4 Å². The third-order valence-corrected chi connectivity index (χ3v) is 7.95. The fraction of sp³-hybridized carbons (Fsp3) is 0.200. The van der Waals surface area contributed by atoms with Crippen LogP contribution in [0.25, 0.3) is 0 Å². The molecule has 4 rings (SSSR count). The predicted molar refractivity (Wildman–Crippen MR) is 149 cm³/mol. The van der Waals surface area contributed by atoms with Crippen LogP contribution < -0.4 is 5.32 Å². The fourth-order valence-electron chi connectivity index (χ4n) is 4.20. The zero-order chi connectivity index (χ0) is 23.6. The average molecular weight is 563 g/mol. The van der Waals surface area contributed by atoms with Crippen LogP contribution in [0.15, 0.2) is 106 Å². The molecule has 0 heterocycles. The molecule has 3 heteroatoms. The summed E-state index contributed by atoms with van der Waals surface area (Å²) in [7, 11) is 0. The SMILES string of the molecule is CC(C)(c1ccccc1)c1ccc(Nc2ccc(C(C)(C)c3ccccc3)cc2Br)c(Br)c1. The molecule has 0 aliphatic carbocycles. The van der Waals surface area contributed by atoms with Crippen molar-refractivity contribution in [1.82, 2.24) is 0 Å². The van der Waals surface area contributed by atoms with Crippen LogP contribution in [-0.4, -0.2) is 0 Å². The lowest BCUT2D eigenvalue weighted by Gasteiger charge is -2.27. The van der Waals surface area contributed by atoms with Gasteiger partial charge in [-0.15, -0.1) is 0 Å². The summed E-state index contributed by atoms with van der Waals surface area (Å²) in [6.45, 7) is 9.06. The second-order valence-electron chi connectivity index (χ2n) is 9.50. The molecule has 0 radical (unpaired) electrons. The van der Waals surface area contributed by atoms with Crippen molar-refractivity contribution >= 4 is 43.2 Å². The van der Waals surface area contributed by atoms with E-state index in [0.717, 1.165) is 20.3 Å². The van der Waals surface area contributed by atoms with E-state index in [2.05, 4.69) is 162 Å². The van der Waals surface area contributed by atoms with Gasteiger partial charge in [-0.3, -0.25) is 0 Å². The van der Waals surface area contributed by atoms with E-state index < -0.39 is 0 Å². The molecule has 1 N–H and O–H groups in total. The number of hydrogen-bond donors (Lipinski definition) is 1. The first-order chi connectivity index (χ1) is 15.7. The standard InChI is InChI=1S/C30H29Br2N/c1-29(2,21-11-7-5-8-12-21)23-15-17-27(25(31)19-23)33-28-18-16-24(20-26(28)32)30(3,4)22-13-9-6-10-14-22/h5-20,33H,1-4H3. The van der Waals surface area contributed by atoms with Gasteiger partial charge in [0.15, 0.2) is 0 Å². The molecule has 4 aromatic rings. The predicted octanol–water partition coefficient (Wildman–Crippen LogP) is 9.61. The maximum Gasteiger partial charge on any atom is 0.0529 e. The first-order valence-electron chi connectivity index (χ1n) is 11.2. The van der Waals surface area contributed by atoms with E-state index in [4.69, 9.17) is 0 Å². The summed E-state index contributed by atoms with van der Waals surface area (Å²) in [6.07, 6.45) is 0. The molecule has 4 aromatic carbocycles. The zero-order valence-corrected chi connectivity index (χ0v) is 22.7. The van der Waals surface area contributed by atoms with E-state index >= 15 is 0 Å². The van der Waals surface area contributed by atoms with Gasteiger partial charge < -0.3 is 5.32 Å². The zero-order valence-electron chi connectivity index (χ0n) is 19.5. The van der Waals surface area contributed by atoms with Gasteiger partial charge >= 0.3 is 0 Å². The van der Waals surface area contributed by atoms with Crippen molar-refractivity contribution in [3.63, 3.8) is 0 Å². The molecule has 1 nitrogen and oxygen atoms in total. The molecule has 0 fully saturated rings. The van der Waals surface area contributed by atoms with Crippen molar-refractivity contribution in [2.75, 3.05) is 5.32 Å². The van der Waals surface area contributed by atoms with Crippen LogP contribution in [0, 0.1) is 0 Å². The third-order valence-electron chi connectivity index (χ3n) is 6.64. The Balaban J connectivity index is 1.58. The average Bonchev–Trinajstić information content (AvgIpc) is 2.82. The normalized spacial score (nSPS) is 11.9. The van der Waals surface area contributed by atoms with Crippen LogP contribution in [0.2, 0.25) is 0 Å². The van der Waals surface area contributed by atoms with E-state index in [1.165, 1.54) is 22.3 Å². The topological polar surface area (TPSA) is 12.0 Å². The number of nitrogens with one attached hydrogen (secondary N) is 1. The number of halogens is 2. The van der Waals surface area contributed by atoms with Crippen LogP contribution in [0.1, 0.15) is 49.9 Å². The van der Waals surface area contributed by atoms with E-state index in [-0.39, 0.29) is 10.8 Å². The lowest BCUT2D eigenvalue weighted by molar-refractivity contribution is 0.640. The minimum atomic E-state index is -0.0758. The molecule has 0 aliphatic heterocycles. The summed E-state index contributed by atoms with van der Waals surface area (Å²) in [6, 6.07) is 34.4. The Kier molecular flexibility index (Phi) is 6.83. The number of rotatable bonds is 6. The highest BCUT2D eigenvalue weighted by atomic mass is 79.9. The van der Waals surface area contributed by atoms with E-state index in [0.29, 0.717) is 0 Å². The third kappa shape index (κ3) is 4.95. The van der Waals surface area contributed by atoms with Crippen molar-refractivity contribution in [1.29, 1.82) is 0 Å². The Morgan fingerprint density at radius 1 is 0.485 bits per heavy atom. The lowest BCUT2D eigenvalue weighted by Crippen LogP contribution is -2.19. The molecule has 0 aliphatic rings. The van der Waals surface area contributed by atoms with E-state index in [1.54, 1.807) is 0 Å². The van der Waals surface area contributed by atoms with Gasteiger partial charge in [-0.2, -0.15) is 0 Å². The smallest absolute Gasteiger partial charge is 0.0529 e. The summed E-state index contributed by atoms with van der Waals surface area (Å²) < 4.78 is 2.09. The largest absolute Gasteiger partial charge is 0.354 e. The van der Waals surface area contributed by atoms with Crippen molar-refractivity contribution in [3.05, 3.63) is 128 Å². The van der Waals surface area contributed by atoms with Crippen molar-refractivity contribution in [3.8, 4) is 0 Å². The molecule has 0 bridgehead atoms. The monoisotopic (exact) mass is 561 g/mol. The van der Waals surface area contributed by atoms with Crippen molar-refractivity contribution in [2.45, 2.75) is 38.5 Å². The van der Waals surface area contributed by atoms with Gasteiger partial charge in [0.1, 0.15) is 0 Å². The number of anilines is 2. The first-order valence-corrected chi connectivity index (χ1v) is 12.8. The lowest BCUT2D eigenvalue weighted by atomic mass is 9.78. The molecular weight excluding hydrogens is 534 g/mol. The summed E-state index contributed by atoms with van der Waals surface area (Å²) in [5.74, 6) is 0. The molecule has 0 atom stereocenters. The van der Waals surface area contributed by atoms with Gasteiger partial charge in [0.05, 0.1) is 11.4 Å². The van der Waals surface area contributed by atoms with Gasteiger partial charge in [-0.05, 0) is 78.4 Å². The van der Waals surface area contributed by atoms with Crippen LogP contribution in [-0.2, 0) is 10.8 Å². The molecule has 168 valence electrons. The van der Waals surface area contributed by atoms with E-state index in [9.17, 15) is 0 Å². The van der Waals surface area contributed by atoms with Crippen LogP contribution >= 0.6 is 31.9 Å². The quantitative estimate of drug-likeness (QED) is 0.246. The second-order valence-corrected chi connectivity index (χ2v) is 11.2. The highest BCUT2D eigenvalue weighted by molar-refractivity contribution is 9.11. The highest BCUT2D eigenvalue weighted by Crippen LogP contribution is 2.39. The van der Waals surface area contributed by atoms with Gasteiger partial charge in [-0.25, -0.2) is 0 Å². The van der Waals surface area contributed by atoms with Gasteiger partial charge in [0.2, 0.25) is 0 Å². The molecule has 0 spiro atoms. The van der Waals surface area contributed by atoms with Gasteiger partial charge in [-0.1, -0.05) is 100 Å². The summed E-state index contributed by atoms with van der Waals surface area (Å²) in [5.41, 5.74) is 7.07. The van der Waals surface area contributed by atoms with Crippen molar-refractivity contribution < 1.29 is 0 Å². The van der Waals surface area contributed by atoms with E-state index in [1.807, 2.05) is 0 Å². The van der Waals surface area contributed by atoms with Crippen LogP contribution in [0.5, 0.6) is 0 Å². The van der Waals surface area contributed by atoms with Crippen molar-refractivity contribution in [2.24, 2.45) is 0 Å². The molecule has 0 unspecified atom stereocenters. The minimum absolute atomic E-state index is 0.0758. The van der Waals surface area contributed by atoms with Gasteiger partial charge in [0, 0.05) is 19.8 Å². The Labute approximate surface area is 214 Å². The first kappa shape index (κ1) is 23.8. The summed E-state index contributed by atoms with van der Waals surface area (Å²) >= 11 is 7.59. The summed E-state index contributed by atoms with van der Waals surface area (Å²) in [4.78, 5) is 0. The molecule has 0 saturated carbocycles. The van der Waals surface area contributed by atoms with Gasteiger partial charge in [0.25, 0.3) is 0 Å².